The first-order valence-electron chi connectivity index (χ1n) is 7.74. The van der Waals surface area contributed by atoms with E-state index in [1.54, 1.807) is 36.4 Å². The van der Waals surface area contributed by atoms with Crippen molar-refractivity contribution in [2.24, 2.45) is 0 Å². The number of ketones is 1. The molecule has 1 nitrogen and oxygen atoms in total. The molecule has 0 spiro atoms. The van der Waals surface area contributed by atoms with Crippen LogP contribution in [0.3, 0.4) is 0 Å². The summed E-state index contributed by atoms with van der Waals surface area (Å²) in [7, 11) is 0. The first kappa shape index (κ1) is 15.8. The second kappa shape index (κ2) is 5.15. The molecule has 0 amide bonds. The maximum absolute atomic E-state index is 15.6. The lowest BCUT2D eigenvalue weighted by atomic mass is 9.62. The van der Waals surface area contributed by atoms with E-state index in [2.05, 4.69) is 0 Å². The smallest absolute Gasteiger partial charge is 0.248 e. The van der Waals surface area contributed by atoms with E-state index in [4.69, 9.17) is 0 Å². The summed E-state index contributed by atoms with van der Waals surface area (Å²) in [5.41, 5.74) is -6.77. The van der Waals surface area contributed by atoms with Gasteiger partial charge in [-0.25, -0.2) is 17.6 Å². The molecular weight excluding hydrogens is 332 g/mol. The predicted molar refractivity (Wildman–Crippen MR) is 86.2 cm³/mol. The number of Topliss-reactive ketones (excluding diaryl/α,β-unsaturated/α-hetero) is 1. The molecule has 3 aliphatic rings. The number of rotatable bonds is 2. The molecule has 0 unspecified atom stereocenters. The van der Waals surface area contributed by atoms with Gasteiger partial charge in [0, 0.05) is 11.1 Å². The van der Waals surface area contributed by atoms with Gasteiger partial charge < -0.3 is 0 Å². The molecule has 2 bridgehead atoms. The topological polar surface area (TPSA) is 17.1 Å². The van der Waals surface area contributed by atoms with Crippen LogP contribution >= 0.6 is 0 Å². The van der Waals surface area contributed by atoms with Crippen LogP contribution in [0.5, 0.6) is 0 Å². The van der Waals surface area contributed by atoms with E-state index in [1.165, 1.54) is 24.3 Å². The molecule has 25 heavy (non-hydrogen) atoms. The van der Waals surface area contributed by atoms with Crippen molar-refractivity contribution < 1.29 is 22.4 Å². The van der Waals surface area contributed by atoms with Gasteiger partial charge in [-0.2, -0.15) is 0 Å². The number of benzene rings is 2. The van der Waals surface area contributed by atoms with Crippen molar-refractivity contribution >= 4 is 16.9 Å². The molecule has 0 radical (unpaired) electrons. The molecule has 2 aromatic rings. The van der Waals surface area contributed by atoms with Gasteiger partial charge in [0.15, 0.2) is 23.1 Å². The van der Waals surface area contributed by atoms with Crippen LogP contribution in [0.2, 0.25) is 0 Å². The zero-order valence-corrected chi connectivity index (χ0v) is 12.9. The molecule has 126 valence electrons. The third kappa shape index (κ3) is 1.92. The Labute approximate surface area is 141 Å². The molecule has 0 aliphatic heterocycles. The summed E-state index contributed by atoms with van der Waals surface area (Å²) in [6.45, 7) is 0. The average Bonchev–Trinajstić information content (AvgIpc) is 2.63. The van der Waals surface area contributed by atoms with Crippen LogP contribution in [0.1, 0.15) is 17.5 Å². The molecular formula is C20H12F4O. The van der Waals surface area contributed by atoms with Crippen LogP contribution in [-0.2, 0) is 4.79 Å². The van der Waals surface area contributed by atoms with E-state index in [-0.39, 0.29) is 16.7 Å². The first-order chi connectivity index (χ1) is 11.9. The second-order valence-electron chi connectivity index (χ2n) is 6.17. The van der Waals surface area contributed by atoms with E-state index < -0.39 is 40.8 Å². The molecule has 3 aliphatic carbocycles. The molecule has 2 aromatic carbocycles. The van der Waals surface area contributed by atoms with E-state index in [0.29, 0.717) is 0 Å². The highest BCUT2D eigenvalue weighted by Crippen LogP contribution is 2.61. The minimum Gasteiger partial charge on any atom is -0.295 e. The summed E-state index contributed by atoms with van der Waals surface area (Å²) in [5.74, 6) is -5.15. The average molecular weight is 344 g/mol. The molecule has 5 heteroatoms. The molecule has 0 aromatic heterocycles. The predicted octanol–water partition coefficient (Wildman–Crippen LogP) is 5.15. The maximum atomic E-state index is 15.6. The van der Waals surface area contributed by atoms with Gasteiger partial charge in [-0.3, -0.25) is 4.79 Å². The van der Waals surface area contributed by atoms with Crippen molar-refractivity contribution in [1.82, 2.24) is 0 Å². The minimum atomic E-state index is -3.32. The Balaban J connectivity index is 2.15. The molecule has 0 fully saturated rings. The largest absolute Gasteiger partial charge is 0.295 e. The van der Waals surface area contributed by atoms with Crippen molar-refractivity contribution in [2.45, 2.75) is 17.8 Å². The van der Waals surface area contributed by atoms with E-state index in [0.717, 1.165) is 0 Å². The Morgan fingerprint density at radius 2 is 1.20 bits per heavy atom. The van der Waals surface area contributed by atoms with Crippen LogP contribution < -0.4 is 0 Å². The van der Waals surface area contributed by atoms with Gasteiger partial charge in [-0.15, -0.1) is 0 Å². The third-order valence-electron chi connectivity index (χ3n) is 4.75. The van der Waals surface area contributed by atoms with Gasteiger partial charge in [0.05, 0.1) is 6.42 Å². The van der Waals surface area contributed by atoms with Gasteiger partial charge in [0.25, 0.3) is 0 Å². The van der Waals surface area contributed by atoms with Crippen LogP contribution in [0.25, 0.3) is 11.1 Å². The Morgan fingerprint density at radius 3 is 1.72 bits per heavy atom. The number of hydrogen-bond acceptors (Lipinski definition) is 1. The van der Waals surface area contributed by atoms with Crippen LogP contribution in [0.15, 0.2) is 72.3 Å². The van der Waals surface area contributed by atoms with Crippen LogP contribution in [0, 0.1) is 0 Å². The zero-order valence-electron chi connectivity index (χ0n) is 12.9. The van der Waals surface area contributed by atoms with E-state index >= 15 is 8.78 Å². The summed E-state index contributed by atoms with van der Waals surface area (Å²) in [6, 6.07) is 15.5. The maximum Gasteiger partial charge on any atom is 0.248 e. The third-order valence-corrected chi connectivity index (χ3v) is 4.75. The van der Waals surface area contributed by atoms with E-state index in [1.807, 2.05) is 0 Å². The lowest BCUT2D eigenvalue weighted by Gasteiger charge is -2.44. The van der Waals surface area contributed by atoms with Crippen molar-refractivity contribution in [2.75, 3.05) is 0 Å². The van der Waals surface area contributed by atoms with Gasteiger partial charge in [0.1, 0.15) is 0 Å². The Morgan fingerprint density at radius 1 is 0.720 bits per heavy atom. The molecule has 5 rings (SSSR count). The lowest BCUT2D eigenvalue weighted by Crippen LogP contribution is -2.53. The summed E-state index contributed by atoms with van der Waals surface area (Å²) >= 11 is 0. The van der Waals surface area contributed by atoms with Gasteiger partial charge in [-0.05, 0) is 11.1 Å². The number of fused-ring (bicyclic) bond motifs is 1. The van der Waals surface area contributed by atoms with Gasteiger partial charge >= 0.3 is 0 Å². The SMILES string of the molecule is O=C1C[C@@]2(F)C(F)=C(F)[C@@]1(F)C(c1ccccc1)=C2c1ccccc1. The van der Waals surface area contributed by atoms with Crippen molar-refractivity contribution in [3.63, 3.8) is 0 Å². The van der Waals surface area contributed by atoms with Crippen molar-refractivity contribution in [3.05, 3.63) is 83.4 Å². The standard InChI is InChI=1S/C20H12F4O/c21-17-18(22)20(24)14(25)11-19(17,23)15(12-7-3-1-4-8-12)16(20)13-9-5-2-6-10-13/h1-10H,11H2/t19-,20-/m0/s1. The number of hydrogen-bond donors (Lipinski definition) is 0. The molecule has 0 saturated heterocycles. The molecule has 2 atom stereocenters. The normalized spacial score (nSPS) is 28.7. The Kier molecular flexibility index (Phi) is 3.26. The quantitative estimate of drug-likeness (QED) is 0.689. The summed E-state index contributed by atoms with van der Waals surface area (Å²) in [4.78, 5) is 12.2. The fourth-order valence-corrected chi connectivity index (χ4v) is 3.61. The van der Waals surface area contributed by atoms with Gasteiger partial charge in [-0.1, -0.05) is 60.7 Å². The molecule has 0 saturated carbocycles. The lowest BCUT2D eigenvalue weighted by molar-refractivity contribution is -0.130. The number of carbonyl (C=O) groups excluding carboxylic acids is 1. The fraction of sp³-hybridized carbons (Fsp3) is 0.150. The highest BCUT2D eigenvalue weighted by Gasteiger charge is 2.67. The van der Waals surface area contributed by atoms with Crippen molar-refractivity contribution in [1.29, 1.82) is 0 Å². The first-order valence-corrected chi connectivity index (χ1v) is 7.74. The van der Waals surface area contributed by atoms with Crippen LogP contribution in [0.4, 0.5) is 17.6 Å². The van der Waals surface area contributed by atoms with Gasteiger partial charge in [0.2, 0.25) is 5.67 Å². The Bertz CT molecular complexity index is 933. The number of alkyl halides is 2. The summed E-state index contributed by atoms with van der Waals surface area (Å²) in [6.07, 6.45) is -1.07. The number of halogens is 4. The Hall–Kier alpha value is -2.69. The molecule has 0 N–H and O–H groups in total. The monoisotopic (exact) mass is 344 g/mol. The summed E-state index contributed by atoms with van der Waals surface area (Å²) in [5, 5.41) is 0. The second-order valence-corrected chi connectivity index (χ2v) is 6.17. The fourth-order valence-electron chi connectivity index (χ4n) is 3.61. The highest BCUT2D eigenvalue weighted by molar-refractivity contribution is 6.18. The summed E-state index contributed by atoms with van der Waals surface area (Å²) < 4.78 is 60.0. The zero-order chi connectivity index (χ0) is 17.8. The minimum absolute atomic E-state index is 0.140. The van der Waals surface area contributed by atoms with Crippen molar-refractivity contribution in [3.8, 4) is 0 Å². The number of carbonyl (C=O) groups is 1. The van der Waals surface area contributed by atoms with E-state index in [9.17, 15) is 13.6 Å². The number of allylic oxidation sites excluding steroid dienone is 4. The highest BCUT2D eigenvalue weighted by atomic mass is 19.2. The molecule has 0 heterocycles. The van der Waals surface area contributed by atoms with Crippen LogP contribution in [-0.4, -0.2) is 17.1 Å².